The molecule has 0 aromatic carbocycles. The Kier molecular flexibility index (Phi) is 8.67. The lowest BCUT2D eigenvalue weighted by Crippen LogP contribution is -1.99. The fraction of sp³-hybridized carbons (Fsp3) is 0.750. The van der Waals surface area contributed by atoms with Gasteiger partial charge in [0.2, 0.25) is 0 Å². The molecule has 0 aromatic heterocycles. The Morgan fingerprint density at radius 3 is 2.25 bits per heavy atom. The van der Waals surface area contributed by atoms with Crippen molar-refractivity contribution in [2.45, 2.75) is 39.0 Å². The maximum absolute atomic E-state index is 3.55. The molecule has 0 N–H and O–H groups in total. The van der Waals surface area contributed by atoms with Crippen LogP contribution in [0.15, 0.2) is 11.8 Å². The van der Waals surface area contributed by atoms with Gasteiger partial charge in [-0.05, 0) is 12.8 Å². The maximum atomic E-state index is 3.55. The van der Waals surface area contributed by atoms with Crippen LogP contribution in [0, 0.1) is 0 Å². The van der Waals surface area contributed by atoms with Crippen LogP contribution in [0.1, 0.15) is 39.0 Å². The summed E-state index contributed by atoms with van der Waals surface area (Å²) in [6, 6.07) is 0. The van der Waals surface area contributed by atoms with E-state index < -0.39 is 3.93 Å². The summed E-state index contributed by atoms with van der Waals surface area (Å²) in [5.41, 5.74) is 2.21. The van der Waals surface area contributed by atoms with Crippen molar-refractivity contribution in [3.8, 4) is 0 Å². The van der Waals surface area contributed by atoms with Gasteiger partial charge >= 0.3 is 0 Å². The lowest BCUT2D eigenvalue weighted by atomic mass is 10.2. The first-order chi connectivity index (χ1) is 5.56. The second kappa shape index (κ2) is 7.77. The predicted octanol–water partition coefficient (Wildman–Crippen LogP) is 5.18. The molecule has 0 aromatic rings. The number of hydrogen-bond acceptors (Lipinski definition) is 0. The summed E-state index contributed by atoms with van der Waals surface area (Å²) < 4.78 is -1.47. The van der Waals surface area contributed by atoms with Crippen LogP contribution in [-0.2, 0) is 0 Å². The van der Waals surface area contributed by atoms with Crippen LogP contribution in [0.25, 0.3) is 0 Å². The smallest absolute Gasteiger partial charge is 0.0916 e. The van der Waals surface area contributed by atoms with Gasteiger partial charge in [0, 0.05) is 0 Å². The molecule has 0 nitrogen and oxygen atoms in total. The average molecular weight is 379 g/mol. The highest BCUT2D eigenvalue weighted by atomic mass is 80.0. The Labute approximate surface area is 99.9 Å². The van der Waals surface area contributed by atoms with Gasteiger partial charge in [-0.3, -0.25) is 0 Å². The van der Waals surface area contributed by atoms with Gasteiger partial charge in [-0.2, -0.15) is 0 Å². The molecule has 0 bridgehead atoms. The van der Waals surface area contributed by atoms with E-state index >= 15 is 0 Å². The molecule has 4 heteroatoms. The quantitative estimate of drug-likeness (QED) is 0.339. The standard InChI is InChI=1S/C8H15Br3Si/c1-2-3-4-5-6-7-8-12(9,10)11/h7-8H,2-6H2,1H3/b8-7+. The topological polar surface area (TPSA) is 0 Å². The molecule has 0 aliphatic rings. The first kappa shape index (κ1) is 13.4. The number of allylic oxidation sites excluding steroid dienone is 1. The third-order valence-electron chi connectivity index (χ3n) is 1.53. The van der Waals surface area contributed by atoms with Crippen molar-refractivity contribution < 1.29 is 0 Å². The minimum atomic E-state index is -1.47. The van der Waals surface area contributed by atoms with E-state index in [0.29, 0.717) is 0 Å². The van der Waals surface area contributed by atoms with E-state index in [9.17, 15) is 0 Å². The van der Waals surface area contributed by atoms with E-state index in [-0.39, 0.29) is 0 Å². The number of halogens is 3. The van der Waals surface area contributed by atoms with Gasteiger partial charge in [0.05, 0.1) is 0 Å². The van der Waals surface area contributed by atoms with E-state index in [4.69, 9.17) is 0 Å². The van der Waals surface area contributed by atoms with Gasteiger partial charge in [0.15, 0.2) is 0 Å². The lowest BCUT2D eigenvalue weighted by Gasteiger charge is -2.00. The maximum Gasteiger partial charge on any atom is 0.290 e. The normalized spacial score (nSPS) is 12.7. The minimum absolute atomic E-state index is 1.21. The van der Waals surface area contributed by atoms with Gasteiger partial charge in [-0.25, -0.2) is 0 Å². The van der Waals surface area contributed by atoms with Gasteiger partial charge in [-0.15, -0.1) is 0 Å². The van der Waals surface area contributed by atoms with Crippen LogP contribution < -0.4 is 0 Å². The third-order valence-corrected chi connectivity index (χ3v) is 4.52. The molecule has 0 amide bonds. The van der Waals surface area contributed by atoms with Crippen LogP contribution in [0.3, 0.4) is 0 Å². The van der Waals surface area contributed by atoms with E-state index in [1.54, 1.807) is 0 Å². The van der Waals surface area contributed by atoms with Crippen LogP contribution in [-0.4, -0.2) is 3.93 Å². The monoisotopic (exact) mass is 376 g/mol. The molecule has 0 aliphatic carbocycles. The summed E-state index contributed by atoms with van der Waals surface area (Å²) in [4.78, 5) is 0. The zero-order valence-corrected chi connectivity index (χ0v) is 13.1. The first-order valence-electron chi connectivity index (χ1n) is 4.30. The molecule has 0 aliphatic heterocycles. The summed E-state index contributed by atoms with van der Waals surface area (Å²) in [7, 11) is 0. The molecule has 0 saturated heterocycles. The Balaban J connectivity index is 3.25. The van der Waals surface area contributed by atoms with E-state index in [0.717, 1.165) is 0 Å². The SMILES string of the molecule is CCCCCC/C=C/[Si](Br)(Br)Br. The van der Waals surface area contributed by atoms with Crippen molar-refractivity contribution in [1.29, 1.82) is 0 Å². The Bertz CT molecular complexity index is 129. The van der Waals surface area contributed by atoms with Crippen LogP contribution in [0.4, 0.5) is 0 Å². The van der Waals surface area contributed by atoms with Crippen molar-refractivity contribution in [2.24, 2.45) is 0 Å². The predicted molar refractivity (Wildman–Crippen MR) is 70.4 cm³/mol. The minimum Gasteiger partial charge on any atom is -0.0916 e. The zero-order valence-electron chi connectivity index (χ0n) is 7.32. The van der Waals surface area contributed by atoms with E-state index in [1.807, 2.05) is 0 Å². The highest BCUT2D eigenvalue weighted by Crippen LogP contribution is 2.28. The van der Waals surface area contributed by atoms with Crippen molar-refractivity contribution >= 4 is 49.8 Å². The third kappa shape index (κ3) is 11.4. The lowest BCUT2D eigenvalue weighted by molar-refractivity contribution is 0.674. The molecule has 0 atom stereocenters. The van der Waals surface area contributed by atoms with Crippen LogP contribution in [0.5, 0.6) is 0 Å². The summed E-state index contributed by atoms with van der Waals surface area (Å²) in [6.07, 6.45) is 8.83. The van der Waals surface area contributed by atoms with Gasteiger partial charge in [-0.1, -0.05) is 83.8 Å². The van der Waals surface area contributed by atoms with Crippen molar-refractivity contribution in [1.82, 2.24) is 0 Å². The summed E-state index contributed by atoms with van der Waals surface area (Å²) >= 11 is 10.6. The largest absolute Gasteiger partial charge is 0.290 e. The number of unbranched alkanes of at least 4 members (excludes halogenated alkanes) is 4. The highest BCUT2D eigenvalue weighted by Gasteiger charge is 2.15. The number of hydrogen-bond donors (Lipinski definition) is 0. The molecule has 0 heterocycles. The molecular weight excluding hydrogens is 364 g/mol. The Morgan fingerprint density at radius 2 is 1.75 bits per heavy atom. The second-order valence-corrected chi connectivity index (χ2v) is 25.0. The van der Waals surface area contributed by atoms with Crippen molar-refractivity contribution in [3.63, 3.8) is 0 Å². The van der Waals surface area contributed by atoms with Gasteiger partial charge < -0.3 is 0 Å². The Morgan fingerprint density at radius 1 is 1.08 bits per heavy atom. The molecule has 0 rings (SSSR count). The highest BCUT2D eigenvalue weighted by molar-refractivity contribution is 9.72. The first-order valence-corrected chi connectivity index (χ1v) is 13.2. The fourth-order valence-electron chi connectivity index (χ4n) is 0.906. The molecule has 0 fully saturated rings. The van der Waals surface area contributed by atoms with Crippen LogP contribution >= 0.6 is 45.9 Å². The average Bonchev–Trinajstić information content (AvgIpc) is 1.94. The van der Waals surface area contributed by atoms with Crippen molar-refractivity contribution in [3.05, 3.63) is 11.8 Å². The summed E-state index contributed by atoms with van der Waals surface area (Å²) in [6.45, 7) is 2.24. The molecule has 0 unspecified atom stereocenters. The van der Waals surface area contributed by atoms with Crippen molar-refractivity contribution in [2.75, 3.05) is 0 Å². The molecular formula is C8H15Br3Si. The molecule has 0 saturated carbocycles. The zero-order chi connectivity index (χ0) is 9.45. The molecule has 0 radical (unpaired) electrons. The summed E-state index contributed by atoms with van der Waals surface area (Å²) in [5, 5.41) is 0. The summed E-state index contributed by atoms with van der Waals surface area (Å²) in [5.74, 6) is 0. The van der Waals surface area contributed by atoms with Crippen LogP contribution in [0.2, 0.25) is 0 Å². The van der Waals surface area contributed by atoms with E-state index in [1.165, 1.54) is 32.1 Å². The molecule has 0 spiro atoms. The Hall–Kier alpha value is 1.40. The molecule has 72 valence electrons. The molecule has 12 heavy (non-hydrogen) atoms. The fourth-order valence-corrected chi connectivity index (χ4v) is 3.02. The number of rotatable bonds is 6. The van der Waals surface area contributed by atoms with Gasteiger partial charge in [0.1, 0.15) is 0 Å². The van der Waals surface area contributed by atoms with E-state index in [2.05, 4.69) is 64.6 Å². The van der Waals surface area contributed by atoms with Gasteiger partial charge in [0.25, 0.3) is 3.93 Å². The second-order valence-electron chi connectivity index (χ2n) is 2.79.